The number of hydrogen-bond acceptors (Lipinski definition) is 2. The summed E-state index contributed by atoms with van der Waals surface area (Å²) in [6.07, 6.45) is -2.45. The highest BCUT2D eigenvalue weighted by molar-refractivity contribution is 4.90. The topological polar surface area (TPSA) is 15.3 Å². The summed E-state index contributed by atoms with van der Waals surface area (Å²) in [6, 6.07) is 0.287. The van der Waals surface area contributed by atoms with Crippen LogP contribution >= 0.6 is 0 Å². The second-order valence-electron chi connectivity index (χ2n) is 4.56. The zero-order valence-electron chi connectivity index (χ0n) is 8.69. The molecule has 3 rings (SSSR count). The van der Waals surface area contributed by atoms with E-state index >= 15 is 0 Å². The molecule has 1 unspecified atom stereocenters. The van der Waals surface area contributed by atoms with E-state index in [1.165, 1.54) is 0 Å². The van der Waals surface area contributed by atoms with Crippen molar-refractivity contribution < 1.29 is 13.2 Å². The third kappa shape index (κ3) is 3.08. The Bertz CT molecular complexity index is 209. The predicted octanol–water partition coefficient (Wildman–Crippen LogP) is 1.62. The lowest BCUT2D eigenvalue weighted by atomic mass is 9.84. The quantitative estimate of drug-likeness (QED) is 0.780. The summed E-state index contributed by atoms with van der Waals surface area (Å²) >= 11 is 0. The zero-order chi connectivity index (χ0) is 10.9. The lowest BCUT2D eigenvalue weighted by Gasteiger charge is -2.45. The molecular weight excluding hydrogens is 205 g/mol. The van der Waals surface area contributed by atoms with Crippen molar-refractivity contribution in [3.05, 3.63) is 0 Å². The van der Waals surface area contributed by atoms with Crippen LogP contribution in [0, 0.1) is 5.92 Å². The lowest BCUT2D eigenvalue weighted by molar-refractivity contribution is -0.134. The molecule has 1 N–H and O–H groups in total. The summed E-state index contributed by atoms with van der Waals surface area (Å²) in [7, 11) is 0. The summed E-state index contributed by atoms with van der Waals surface area (Å²) in [5, 5.41) is 3.05. The van der Waals surface area contributed by atoms with Gasteiger partial charge in [0.2, 0.25) is 0 Å². The van der Waals surface area contributed by atoms with Gasteiger partial charge in [-0.15, -0.1) is 0 Å². The second kappa shape index (κ2) is 4.29. The van der Waals surface area contributed by atoms with Crippen LogP contribution in [0.4, 0.5) is 13.2 Å². The maximum atomic E-state index is 11.9. The Morgan fingerprint density at radius 1 is 1.20 bits per heavy atom. The molecule has 2 nitrogen and oxygen atoms in total. The number of fused-ring (bicyclic) bond motifs is 3. The minimum absolute atomic E-state index is 0.0680. The molecule has 0 aliphatic carbocycles. The van der Waals surface area contributed by atoms with E-state index in [9.17, 15) is 13.2 Å². The number of alkyl halides is 3. The van der Waals surface area contributed by atoms with E-state index in [2.05, 4.69) is 10.2 Å². The highest BCUT2D eigenvalue weighted by Gasteiger charge is 2.34. The monoisotopic (exact) mass is 222 g/mol. The molecule has 0 spiro atoms. The molecular formula is C10H17F3N2. The number of rotatable bonds is 3. The van der Waals surface area contributed by atoms with Crippen LogP contribution in [0.2, 0.25) is 0 Å². The van der Waals surface area contributed by atoms with Crippen LogP contribution in [0.15, 0.2) is 0 Å². The Kier molecular flexibility index (Phi) is 3.21. The van der Waals surface area contributed by atoms with Crippen molar-refractivity contribution in [2.45, 2.75) is 31.5 Å². The third-order valence-electron chi connectivity index (χ3n) is 3.47. The van der Waals surface area contributed by atoms with Crippen LogP contribution in [-0.4, -0.2) is 43.3 Å². The van der Waals surface area contributed by atoms with Gasteiger partial charge in [0.25, 0.3) is 0 Å². The number of nitrogens with zero attached hydrogens (tertiary/aromatic N) is 1. The number of nitrogens with one attached hydrogen (secondary N) is 1. The molecule has 88 valence electrons. The van der Waals surface area contributed by atoms with Crippen LogP contribution < -0.4 is 5.32 Å². The summed E-state index contributed by atoms with van der Waals surface area (Å²) in [6.45, 7) is 3.26. The van der Waals surface area contributed by atoms with Gasteiger partial charge >= 0.3 is 6.18 Å². The van der Waals surface area contributed by atoms with E-state index in [0.29, 0.717) is 5.92 Å². The summed E-state index contributed by atoms with van der Waals surface area (Å²) in [5.74, 6) is 0.600. The van der Waals surface area contributed by atoms with E-state index in [4.69, 9.17) is 0 Å². The Balaban J connectivity index is 1.71. The summed E-state index contributed by atoms with van der Waals surface area (Å²) < 4.78 is 35.8. The molecule has 0 amide bonds. The zero-order valence-corrected chi connectivity index (χ0v) is 8.69. The number of halogens is 3. The predicted molar refractivity (Wildman–Crippen MR) is 51.6 cm³/mol. The van der Waals surface area contributed by atoms with Crippen molar-refractivity contribution in [2.75, 3.05) is 26.2 Å². The summed E-state index contributed by atoms with van der Waals surface area (Å²) in [5.41, 5.74) is 0. The molecule has 0 aromatic heterocycles. The first-order chi connectivity index (χ1) is 7.04. The van der Waals surface area contributed by atoms with Crippen molar-refractivity contribution in [1.82, 2.24) is 10.2 Å². The van der Waals surface area contributed by atoms with Gasteiger partial charge in [0, 0.05) is 19.1 Å². The Hall–Kier alpha value is -0.290. The molecule has 3 aliphatic rings. The van der Waals surface area contributed by atoms with Gasteiger partial charge in [-0.2, -0.15) is 13.2 Å². The SMILES string of the molecule is FC(F)(F)CCNC1CN2CCC1CC2. The van der Waals surface area contributed by atoms with Crippen molar-refractivity contribution >= 4 is 0 Å². The Labute approximate surface area is 87.8 Å². The van der Waals surface area contributed by atoms with Crippen LogP contribution in [-0.2, 0) is 0 Å². The largest absolute Gasteiger partial charge is 0.390 e. The van der Waals surface area contributed by atoms with Crippen molar-refractivity contribution in [2.24, 2.45) is 5.92 Å². The van der Waals surface area contributed by atoms with E-state index in [1.54, 1.807) is 0 Å². The normalized spacial score (nSPS) is 35.8. The van der Waals surface area contributed by atoms with Gasteiger partial charge in [-0.1, -0.05) is 0 Å². The smallest absolute Gasteiger partial charge is 0.312 e. The molecule has 5 heteroatoms. The lowest BCUT2D eigenvalue weighted by Crippen LogP contribution is -2.56. The van der Waals surface area contributed by atoms with Crippen LogP contribution in [0.5, 0.6) is 0 Å². The van der Waals surface area contributed by atoms with E-state index < -0.39 is 12.6 Å². The standard InChI is InChI=1S/C10H17F3N2/c11-10(12,13)3-4-14-9-7-15-5-1-8(9)2-6-15/h8-9,14H,1-7H2. The molecule has 15 heavy (non-hydrogen) atoms. The molecule has 3 fully saturated rings. The highest BCUT2D eigenvalue weighted by Crippen LogP contribution is 2.27. The molecule has 2 bridgehead atoms. The molecule has 3 aliphatic heterocycles. The van der Waals surface area contributed by atoms with Crippen LogP contribution in [0.1, 0.15) is 19.3 Å². The molecule has 0 aromatic carbocycles. The first kappa shape index (κ1) is 11.2. The van der Waals surface area contributed by atoms with Crippen molar-refractivity contribution in [3.63, 3.8) is 0 Å². The van der Waals surface area contributed by atoms with Crippen LogP contribution in [0.3, 0.4) is 0 Å². The maximum absolute atomic E-state index is 11.9. The maximum Gasteiger partial charge on any atom is 0.390 e. The minimum atomic E-state index is -4.03. The fourth-order valence-electron chi connectivity index (χ4n) is 2.60. The Morgan fingerprint density at radius 3 is 2.33 bits per heavy atom. The molecule has 0 saturated carbocycles. The molecule has 3 saturated heterocycles. The van der Waals surface area contributed by atoms with E-state index in [-0.39, 0.29) is 12.6 Å². The first-order valence-electron chi connectivity index (χ1n) is 5.57. The highest BCUT2D eigenvalue weighted by atomic mass is 19.4. The molecule has 0 radical (unpaired) electrons. The van der Waals surface area contributed by atoms with Crippen molar-refractivity contribution in [1.29, 1.82) is 0 Å². The second-order valence-corrected chi connectivity index (χ2v) is 4.56. The molecule has 3 heterocycles. The molecule has 1 atom stereocenters. The fraction of sp³-hybridized carbons (Fsp3) is 1.00. The third-order valence-corrected chi connectivity index (χ3v) is 3.47. The summed E-state index contributed by atoms with van der Waals surface area (Å²) in [4.78, 5) is 2.34. The average Bonchev–Trinajstić information content (AvgIpc) is 2.17. The minimum Gasteiger partial charge on any atom is -0.312 e. The van der Waals surface area contributed by atoms with Gasteiger partial charge < -0.3 is 10.2 Å². The van der Waals surface area contributed by atoms with E-state index in [0.717, 1.165) is 32.5 Å². The van der Waals surface area contributed by atoms with Gasteiger partial charge in [-0.25, -0.2) is 0 Å². The molecule has 0 aromatic rings. The fourth-order valence-corrected chi connectivity index (χ4v) is 2.60. The van der Waals surface area contributed by atoms with E-state index in [1.807, 2.05) is 0 Å². The van der Waals surface area contributed by atoms with Crippen LogP contribution in [0.25, 0.3) is 0 Å². The van der Waals surface area contributed by atoms with Gasteiger partial charge in [0.1, 0.15) is 0 Å². The number of hydrogen-bond donors (Lipinski definition) is 1. The van der Waals surface area contributed by atoms with Crippen molar-refractivity contribution in [3.8, 4) is 0 Å². The van der Waals surface area contributed by atoms with Gasteiger partial charge in [0.15, 0.2) is 0 Å². The average molecular weight is 222 g/mol. The van der Waals surface area contributed by atoms with Gasteiger partial charge in [0.05, 0.1) is 6.42 Å². The Morgan fingerprint density at radius 2 is 1.87 bits per heavy atom. The van der Waals surface area contributed by atoms with Gasteiger partial charge in [-0.05, 0) is 31.8 Å². The number of piperidine rings is 3. The van der Waals surface area contributed by atoms with Gasteiger partial charge in [-0.3, -0.25) is 0 Å². The first-order valence-corrected chi connectivity index (χ1v) is 5.57.